The Hall–Kier alpha value is -0.970. The Morgan fingerprint density at radius 1 is 1.30 bits per heavy atom. The van der Waals surface area contributed by atoms with Crippen LogP contribution in [0.4, 0.5) is 4.79 Å². The fourth-order valence-electron chi connectivity index (χ4n) is 2.28. The van der Waals surface area contributed by atoms with E-state index in [0.29, 0.717) is 16.1 Å². The summed E-state index contributed by atoms with van der Waals surface area (Å²) in [5.41, 5.74) is 0.793. The molecule has 1 amide bonds. The lowest BCUT2D eigenvalue weighted by Crippen LogP contribution is -2.44. The molecule has 1 aliphatic heterocycles. The molecule has 0 aliphatic carbocycles. The zero-order valence-corrected chi connectivity index (χ0v) is 12.9. The van der Waals surface area contributed by atoms with E-state index < -0.39 is 0 Å². The first-order valence-electron chi connectivity index (χ1n) is 6.62. The van der Waals surface area contributed by atoms with Crippen LogP contribution in [0.15, 0.2) is 18.2 Å². The van der Waals surface area contributed by atoms with Crippen LogP contribution < -0.4 is 5.32 Å². The summed E-state index contributed by atoms with van der Waals surface area (Å²) in [5.74, 6) is 0. The number of amides is 1. The van der Waals surface area contributed by atoms with Crippen LogP contribution in [-0.2, 0) is 11.3 Å². The van der Waals surface area contributed by atoms with Crippen molar-refractivity contribution < 1.29 is 9.53 Å². The van der Waals surface area contributed by atoms with Gasteiger partial charge in [-0.05, 0) is 43.7 Å². The molecule has 0 atom stereocenters. The summed E-state index contributed by atoms with van der Waals surface area (Å²) in [7, 11) is 1.95. The molecule has 1 aromatic rings. The van der Waals surface area contributed by atoms with Gasteiger partial charge in [0.05, 0.1) is 0 Å². The highest BCUT2D eigenvalue weighted by Gasteiger charge is 2.22. The summed E-state index contributed by atoms with van der Waals surface area (Å²) >= 11 is 11.8. The van der Waals surface area contributed by atoms with E-state index in [2.05, 4.69) is 5.32 Å². The number of rotatable bonds is 3. The van der Waals surface area contributed by atoms with Crippen molar-refractivity contribution in [2.45, 2.75) is 25.5 Å². The lowest BCUT2D eigenvalue weighted by Gasteiger charge is -2.31. The minimum Gasteiger partial charge on any atom is -0.445 e. The maximum atomic E-state index is 12.0. The van der Waals surface area contributed by atoms with E-state index in [-0.39, 0.29) is 12.7 Å². The average Bonchev–Trinajstić information content (AvgIpc) is 2.44. The quantitative estimate of drug-likeness (QED) is 0.930. The number of benzene rings is 1. The van der Waals surface area contributed by atoms with Gasteiger partial charge < -0.3 is 15.0 Å². The molecule has 0 unspecified atom stereocenters. The summed E-state index contributed by atoms with van der Waals surface area (Å²) in [4.78, 5) is 13.7. The van der Waals surface area contributed by atoms with E-state index in [1.165, 1.54) is 0 Å². The highest BCUT2D eigenvalue weighted by molar-refractivity contribution is 6.34. The zero-order valence-electron chi connectivity index (χ0n) is 11.4. The molecule has 1 heterocycles. The standard InChI is InChI=1S/C14H18Cl2N2O2/c1-17-13-2-4-18(5-3-13)14(19)20-9-10-6-11(15)8-12(16)7-10/h6-8,13,17H,2-5,9H2,1H3. The molecular formula is C14H18Cl2N2O2. The minimum atomic E-state index is -0.282. The third-order valence-electron chi connectivity index (χ3n) is 3.45. The van der Waals surface area contributed by atoms with Gasteiger partial charge >= 0.3 is 6.09 Å². The van der Waals surface area contributed by atoms with Crippen molar-refractivity contribution in [3.05, 3.63) is 33.8 Å². The summed E-state index contributed by atoms with van der Waals surface area (Å²) in [6.07, 6.45) is 1.62. The topological polar surface area (TPSA) is 41.6 Å². The smallest absolute Gasteiger partial charge is 0.410 e. The van der Waals surface area contributed by atoms with Gasteiger partial charge in [-0.2, -0.15) is 0 Å². The van der Waals surface area contributed by atoms with Crippen LogP contribution in [0.25, 0.3) is 0 Å². The Morgan fingerprint density at radius 3 is 2.45 bits per heavy atom. The van der Waals surface area contributed by atoms with Gasteiger partial charge in [0.15, 0.2) is 0 Å². The van der Waals surface area contributed by atoms with Crippen LogP contribution in [0.5, 0.6) is 0 Å². The van der Waals surface area contributed by atoms with Crippen LogP contribution in [0.3, 0.4) is 0 Å². The van der Waals surface area contributed by atoms with Gasteiger partial charge in [0.2, 0.25) is 0 Å². The van der Waals surface area contributed by atoms with Gasteiger partial charge in [0.25, 0.3) is 0 Å². The normalized spacial score (nSPS) is 16.2. The number of carbonyl (C=O) groups excluding carboxylic acids is 1. The number of carbonyl (C=O) groups is 1. The van der Waals surface area contributed by atoms with E-state index in [1.807, 2.05) is 7.05 Å². The van der Waals surface area contributed by atoms with Crippen LogP contribution in [0, 0.1) is 0 Å². The van der Waals surface area contributed by atoms with E-state index in [9.17, 15) is 4.79 Å². The SMILES string of the molecule is CNC1CCN(C(=O)OCc2cc(Cl)cc(Cl)c2)CC1. The first-order chi connectivity index (χ1) is 9.58. The second-order valence-corrected chi connectivity index (χ2v) is 5.76. The van der Waals surface area contributed by atoms with E-state index in [4.69, 9.17) is 27.9 Å². The summed E-state index contributed by atoms with van der Waals surface area (Å²) in [6.45, 7) is 1.63. The van der Waals surface area contributed by atoms with Crippen molar-refractivity contribution in [2.24, 2.45) is 0 Å². The summed E-state index contributed by atoms with van der Waals surface area (Å²) in [5, 5.41) is 4.31. The lowest BCUT2D eigenvalue weighted by atomic mass is 10.1. The molecule has 1 aliphatic rings. The molecule has 0 radical (unpaired) electrons. The van der Waals surface area contributed by atoms with Crippen LogP contribution in [0.1, 0.15) is 18.4 Å². The van der Waals surface area contributed by atoms with Gasteiger partial charge in [-0.25, -0.2) is 4.79 Å². The van der Waals surface area contributed by atoms with Crippen molar-refractivity contribution in [1.82, 2.24) is 10.2 Å². The molecule has 4 nitrogen and oxygen atoms in total. The number of likely N-dealkylation sites (tertiary alicyclic amines) is 1. The largest absolute Gasteiger partial charge is 0.445 e. The molecule has 2 rings (SSSR count). The fraction of sp³-hybridized carbons (Fsp3) is 0.500. The number of halogens is 2. The molecule has 0 saturated carbocycles. The van der Waals surface area contributed by atoms with E-state index in [1.54, 1.807) is 23.1 Å². The summed E-state index contributed by atoms with van der Waals surface area (Å²) in [6, 6.07) is 5.63. The van der Waals surface area contributed by atoms with Crippen molar-refractivity contribution in [1.29, 1.82) is 0 Å². The van der Waals surface area contributed by atoms with Gasteiger partial charge in [-0.15, -0.1) is 0 Å². The Morgan fingerprint density at radius 2 is 1.90 bits per heavy atom. The Balaban J connectivity index is 1.83. The molecule has 1 aromatic carbocycles. The second-order valence-electron chi connectivity index (χ2n) is 4.88. The Labute approximate surface area is 129 Å². The second kappa shape index (κ2) is 7.16. The maximum Gasteiger partial charge on any atom is 0.410 e. The molecule has 0 aromatic heterocycles. The molecule has 0 spiro atoms. The van der Waals surface area contributed by atoms with E-state index >= 15 is 0 Å². The monoisotopic (exact) mass is 316 g/mol. The zero-order chi connectivity index (χ0) is 14.5. The molecule has 1 fully saturated rings. The fourth-order valence-corrected chi connectivity index (χ4v) is 2.85. The maximum absolute atomic E-state index is 12.0. The van der Waals surface area contributed by atoms with Crippen LogP contribution in [0.2, 0.25) is 10.0 Å². The number of hydrogen-bond acceptors (Lipinski definition) is 3. The van der Waals surface area contributed by atoms with Crippen molar-refractivity contribution in [2.75, 3.05) is 20.1 Å². The predicted molar refractivity (Wildman–Crippen MR) is 80.3 cm³/mol. The number of nitrogens with one attached hydrogen (secondary N) is 1. The number of hydrogen-bond donors (Lipinski definition) is 1. The molecule has 110 valence electrons. The van der Waals surface area contributed by atoms with Crippen LogP contribution >= 0.6 is 23.2 Å². The van der Waals surface area contributed by atoms with Gasteiger partial charge in [-0.1, -0.05) is 23.2 Å². The minimum absolute atomic E-state index is 0.186. The third kappa shape index (κ3) is 4.27. The molecule has 0 bridgehead atoms. The average molecular weight is 317 g/mol. The molecule has 6 heteroatoms. The highest BCUT2D eigenvalue weighted by atomic mass is 35.5. The van der Waals surface area contributed by atoms with Crippen molar-refractivity contribution in [3.63, 3.8) is 0 Å². The molecule has 20 heavy (non-hydrogen) atoms. The van der Waals surface area contributed by atoms with Crippen molar-refractivity contribution in [3.8, 4) is 0 Å². The molecular weight excluding hydrogens is 299 g/mol. The highest BCUT2D eigenvalue weighted by Crippen LogP contribution is 2.20. The first-order valence-corrected chi connectivity index (χ1v) is 7.38. The van der Waals surface area contributed by atoms with E-state index in [0.717, 1.165) is 31.5 Å². The Kier molecular flexibility index (Phi) is 5.52. The first kappa shape index (κ1) is 15.4. The predicted octanol–water partition coefficient (Wildman–Crippen LogP) is 3.31. The molecule has 1 saturated heterocycles. The van der Waals surface area contributed by atoms with Gasteiger partial charge in [-0.3, -0.25) is 0 Å². The number of ether oxygens (including phenoxy) is 1. The Bertz CT molecular complexity index is 454. The number of piperidine rings is 1. The van der Waals surface area contributed by atoms with Gasteiger partial charge in [0.1, 0.15) is 6.61 Å². The van der Waals surface area contributed by atoms with Crippen molar-refractivity contribution >= 4 is 29.3 Å². The third-order valence-corrected chi connectivity index (χ3v) is 3.88. The molecule has 1 N–H and O–H groups in total. The lowest BCUT2D eigenvalue weighted by molar-refractivity contribution is 0.0858. The summed E-state index contributed by atoms with van der Waals surface area (Å²) < 4.78 is 5.30. The van der Waals surface area contributed by atoms with Crippen LogP contribution in [-0.4, -0.2) is 37.2 Å². The van der Waals surface area contributed by atoms with Gasteiger partial charge in [0, 0.05) is 29.2 Å². The number of nitrogens with zero attached hydrogens (tertiary/aromatic N) is 1.